The van der Waals surface area contributed by atoms with Gasteiger partial charge in [-0.2, -0.15) is 13.5 Å². The molecule has 2 amide bonds. The van der Waals surface area contributed by atoms with Gasteiger partial charge in [0.15, 0.2) is 5.03 Å². The number of halogens is 1. The van der Waals surface area contributed by atoms with E-state index in [-0.39, 0.29) is 16.9 Å². The number of rotatable bonds is 8. The number of carbonyl (C=O) groups is 1. The first-order valence-electron chi connectivity index (χ1n) is 10.8. The van der Waals surface area contributed by atoms with Gasteiger partial charge in [-0.1, -0.05) is 27.7 Å². The molecule has 1 saturated carbocycles. The molecule has 0 aliphatic heterocycles. The molecule has 2 N–H and O–H groups in total. The lowest BCUT2D eigenvalue weighted by Crippen LogP contribution is -2.35. The van der Waals surface area contributed by atoms with Crippen LogP contribution in [0.25, 0.3) is 0 Å². The lowest BCUT2D eigenvalue weighted by atomic mass is 9.92. The third-order valence-electron chi connectivity index (χ3n) is 5.68. The van der Waals surface area contributed by atoms with Crippen LogP contribution in [0, 0.1) is 5.82 Å². The predicted octanol–water partition coefficient (Wildman–Crippen LogP) is 3.91. The SMILES string of the molecule is CC(C)c1cc(F)cc(C(C)C)c1NC(=O)NS(=O)(=O)c1cc(CN(C)C2CC2)n(C)n1. The molecule has 0 radical (unpaired) electrons. The van der Waals surface area contributed by atoms with E-state index in [1.54, 1.807) is 7.05 Å². The molecule has 0 bridgehead atoms. The highest BCUT2D eigenvalue weighted by atomic mass is 32.2. The summed E-state index contributed by atoms with van der Waals surface area (Å²) < 4.78 is 43.3. The summed E-state index contributed by atoms with van der Waals surface area (Å²) in [5, 5.41) is 6.50. The average Bonchev–Trinajstić information content (AvgIpc) is 3.46. The van der Waals surface area contributed by atoms with E-state index in [4.69, 9.17) is 0 Å². The van der Waals surface area contributed by atoms with Crippen LogP contribution in [0.4, 0.5) is 14.9 Å². The zero-order valence-corrected chi connectivity index (χ0v) is 20.3. The molecule has 0 atom stereocenters. The number of urea groups is 1. The van der Waals surface area contributed by atoms with Crippen molar-refractivity contribution in [1.29, 1.82) is 0 Å². The minimum Gasteiger partial charge on any atom is -0.307 e. The number of hydrogen-bond donors (Lipinski definition) is 2. The molecule has 1 aromatic heterocycles. The number of amides is 2. The van der Waals surface area contributed by atoms with Crippen LogP contribution in [0.2, 0.25) is 0 Å². The molecule has 2 aromatic rings. The number of anilines is 1. The molecule has 176 valence electrons. The van der Waals surface area contributed by atoms with E-state index < -0.39 is 21.9 Å². The van der Waals surface area contributed by atoms with Gasteiger partial charge in [0.05, 0.1) is 5.69 Å². The molecule has 0 saturated heterocycles. The first kappa shape index (κ1) is 24.2. The minimum absolute atomic E-state index is 0.0723. The van der Waals surface area contributed by atoms with Crippen molar-refractivity contribution in [2.75, 3.05) is 12.4 Å². The van der Waals surface area contributed by atoms with E-state index in [1.165, 1.54) is 22.9 Å². The molecule has 10 heteroatoms. The van der Waals surface area contributed by atoms with E-state index in [1.807, 2.05) is 39.5 Å². The first-order valence-corrected chi connectivity index (χ1v) is 12.3. The van der Waals surface area contributed by atoms with Crippen LogP contribution in [0.1, 0.15) is 69.2 Å². The van der Waals surface area contributed by atoms with Crippen LogP contribution in [-0.2, 0) is 23.6 Å². The Morgan fingerprint density at radius 1 is 1.19 bits per heavy atom. The second-order valence-electron chi connectivity index (χ2n) is 9.07. The first-order chi connectivity index (χ1) is 14.9. The van der Waals surface area contributed by atoms with E-state index in [2.05, 4.69) is 15.3 Å². The van der Waals surface area contributed by atoms with Crippen LogP contribution in [0.15, 0.2) is 23.2 Å². The molecule has 1 aromatic carbocycles. The summed E-state index contributed by atoms with van der Waals surface area (Å²) in [5.74, 6) is -0.540. The predicted molar refractivity (Wildman–Crippen MR) is 122 cm³/mol. The molecule has 1 heterocycles. The van der Waals surface area contributed by atoms with Crippen molar-refractivity contribution >= 4 is 21.7 Å². The van der Waals surface area contributed by atoms with E-state index in [9.17, 15) is 17.6 Å². The number of aryl methyl sites for hydroxylation is 1. The summed E-state index contributed by atoms with van der Waals surface area (Å²) >= 11 is 0. The maximum atomic E-state index is 14.1. The Bertz CT molecular complexity index is 1080. The number of nitrogens with zero attached hydrogens (tertiary/aromatic N) is 3. The standard InChI is InChI=1S/C22H32FN5O3S/c1-13(2)18-9-15(23)10-19(14(3)4)21(18)24-22(29)26-32(30,31)20-11-17(28(6)25-20)12-27(5)16-7-8-16/h9-11,13-14,16H,7-8,12H2,1-6H3,(H2,24,26,29). The van der Waals surface area contributed by atoms with Gasteiger partial charge in [-0.15, -0.1) is 0 Å². The maximum absolute atomic E-state index is 14.1. The average molecular weight is 466 g/mol. The van der Waals surface area contributed by atoms with Crippen LogP contribution >= 0.6 is 0 Å². The van der Waals surface area contributed by atoms with Gasteiger partial charge < -0.3 is 5.32 Å². The van der Waals surface area contributed by atoms with Crippen LogP contribution < -0.4 is 10.0 Å². The third kappa shape index (κ3) is 5.47. The van der Waals surface area contributed by atoms with Gasteiger partial charge in [-0.25, -0.2) is 13.9 Å². The number of nitrogens with one attached hydrogen (secondary N) is 2. The fourth-order valence-corrected chi connectivity index (χ4v) is 4.60. The number of hydrogen-bond acceptors (Lipinski definition) is 5. The molecule has 1 fully saturated rings. The Labute approximate surface area is 189 Å². The van der Waals surface area contributed by atoms with Crippen molar-refractivity contribution in [1.82, 2.24) is 19.4 Å². The fraction of sp³-hybridized carbons (Fsp3) is 0.545. The van der Waals surface area contributed by atoms with Crippen molar-refractivity contribution in [2.24, 2.45) is 7.05 Å². The lowest BCUT2D eigenvalue weighted by Gasteiger charge is -2.20. The highest BCUT2D eigenvalue weighted by Crippen LogP contribution is 2.33. The van der Waals surface area contributed by atoms with Gasteiger partial charge >= 0.3 is 6.03 Å². The highest BCUT2D eigenvalue weighted by Gasteiger charge is 2.28. The number of carbonyl (C=O) groups excluding carboxylic acids is 1. The van der Waals surface area contributed by atoms with Gasteiger partial charge in [0.25, 0.3) is 10.0 Å². The van der Waals surface area contributed by atoms with Crippen molar-refractivity contribution in [2.45, 2.75) is 70.0 Å². The van der Waals surface area contributed by atoms with Crippen LogP contribution in [-0.4, -0.2) is 42.2 Å². The fourth-order valence-electron chi connectivity index (χ4n) is 3.67. The molecule has 1 aliphatic carbocycles. The van der Waals surface area contributed by atoms with Crippen LogP contribution in [0.3, 0.4) is 0 Å². The Morgan fingerprint density at radius 3 is 2.25 bits per heavy atom. The number of aromatic nitrogens is 2. The zero-order chi connectivity index (χ0) is 23.8. The normalized spacial score (nSPS) is 14.4. The summed E-state index contributed by atoms with van der Waals surface area (Å²) in [7, 11) is -0.513. The van der Waals surface area contributed by atoms with E-state index in [0.29, 0.717) is 29.4 Å². The molecule has 8 nitrogen and oxygen atoms in total. The summed E-state index contributed by atoms with van der Waals surface area (Å²) in [5.41, 5.74) is 2.37. The van der Waals surface area contributed by atoms with E-state index >= 15 is 0 Å². The number of benzene rings is 1. The molecule has 0 spiro atoms. The molecule has 0 unspecified atom stereocenters. The summed E-state index contributed by atoms with van der Waals surface area (Å²) in [6, 6.07) is 3.81. The molecule has 3 rings (SSSR count). The molecular weight excluding hydrogens is 433 g/mol. The minimum atomic E-state index is -4.18. The second kappa shape index (κ2) is 9.19. The smallest absolute Gasteiger partial charge is 0.307 e. The Balaban J connectivity index is 1.80. The Kier molecular flexibility index (Phi) is 6.94. The van der Waals surface area contributed by atoms with Gasteiger partial charge in [0.1, 0.15) is 5.82 Å². The Morgan fingerprint density at radius 2 is 1.75 bits per heavy atom. The van der Waals surface area contributed by atoms with Crippen molar-refractivity contribution in [3.05, 3.63) is 40.8 Å². The van der Waals surface area contributed by atoms with Crippen LogP contribution in [0.5, 0.6) is 0 Å². The van der Waals surface area contributed by atoms with Gasteiger partial charge in [-0.3, -0.25) is 9.58 Å². The molecule has 32 heavy (non-hydrogen) atoms. The number of sulfonamides is 1. The van der Waals surface area contributed by atoms with Crippen molar-refractivity contribution in [3.63, 3.8) is 0 Å². The van der Waals surface area contributed by atoms with Gasteiger partial charge in [0.2, 0.25) is 0 Å². The van der Waals surface area contributed by atoms with Crippen molar-refractivity contribution < 1.29 is 17.6 Å². The monoisotopic (exact) mass is 465 g/mol. The summed E-state index contributed by atoms with van der Waals surface area (Å²) in [4.78, 5) is 14.8. The quantitative estimate of drug-likeness (QED) is 0.616. The molecule has 1 aliphatic rings. The Hall–Kier alpha value is -2.46. The highest BCUT2D eigenvalue weighted by molar-refractivity contribution is 7.90. The van der Waals surface area contributed by atoms with Gasteiger partial charge in [-0.05, 0) is 55.0 Å². The van der Waals surface area contributed by atoms with Crippen molar-refractivity contribution in [3.8, 4) is 0 Å². The lowest BCUT2D eigenvalue weighted by molar-refractivity contribution is 0.256. The molecular formula is C22H32FN5O3S. The summed E-state index contributed by atoms with van der Waals surface area (Å²) in [6.45, 7) is 8.10. The second-order valence-corrected chi connectivity index (χ2v) is 10.7. The topological polar surface area (TPSA) is 96.3 Å². The zero-order valence-electron chi connectivity index (χ0n) is 19.4. The third-order valence-corrected chi connectivity index (χ3v) is 6.89. The maximum Gasteiger partial charge on any atom is 0.333 e. The van der Waals surface area contributed by atoms with E-state index in [0.717, 1.165) is 18.5 Å². The largest absolute Gasteiger partial charge is 0.333 e. The van der Waals surface area contributed by atoms with Gasteiger partial charge in [0, 0.05) is 31.4 Å². The summed E-state index contributed by atoms with van der Waals surface area (Å²) in [6.07, 6.45) is 2.28.